The van der Waals surface area contributed by atoms with Gasteiger partial charge in [-0.05, 0) is 39.3 Å². The van der Waals surface area contributed by atoms with Crippen LogP contribution >= 0.6 is 0 Å². The lowest BCUT2D eigenvalue weighted by Gasteiger charge is -2.34. The van der Waals surface area contributed by atoms with Gasteiger partial charge in [0.1, 0.15) is 5.69 Å². The number of amides is 1. The molecule has 1 aliphatic rings. The molecule has 8 nitrogen and oxygen atoms in total. The van der Waals surface area contributed by atoms with Crippen molar-refractivity contribution in [1.82, 2.24) is 20.0 Å². The standard InChI is InChI=1S/C14H23N5O3/c1-4-9-18(11-5-7-15-8-6-11)14(20)13-12(19(21)22)10(2)16-17(13)3/h11,15H,4-9H2,1-3H3. The smallest absolute Gasteiger partial charge is 0.322 e. The molecular weight excluding hydrogens is 286 g/mol. The van der Waals surface area contributed by atoms with Crippen LogP contribution in [0.5, 0.6) is 0 Å². The topological polar surface area (TPSA) is 93.3 Å². The maximum Gasteiger partial charge on any atom is 0.322 e. The van der Waals surface area contributed by atoms with Gasteiger partial charge in [0.05, 0.1) is 4.92 Å². The average molecular weight is 309 g/mol. The predicted molar refractivity (Wildman–Crippen MR) is 81.8 cm³/mol. The number of rotatable bonds is 5. The molecule has 0 saturated carbocycles. The van der Waals surface area contributed by atoms with Gasteiger partial charge in [0, 0.05) is 19.6 Å². The van der Waals surface area contributed by atoms with Crippen LogP contribution in [-0.4, -0.2) is 51.2 Å². The molecule has 8 heteroatoms. The molecule has 0 aliphatic carbocycles. The summed E-state index contributed by atoms with van der Waals surface area (Å²) in [6.45, 7) is 5.90. The van der Waals surface area contributed by atoms with Crippen LogP contribution in [0.1, 0.15) is 42.4 Å². The van der Waals surface area contributed by atoms with Crippen LogP contribution in [0.25, 0.3) is 0 Å². The van der Waals surface area contributed by atoms with Gasteiger partial charge in [-0.15, -0.1) is 0 Å². The number of nitrogens with one attached hydrogen (secondary N) is 1. The number of carbonyl (C=O) groups excluding carboxylic acids is 1. The zero-order valence-electron chi connectivity index (χ0n) is 13.3. The minimum absolute atomic E-state index is 0.0782. The van der Waals surface area contributed by atoms with E-state index >= 15 is 0 Å². The van der Waals surface area contributed by atoms with Crippen molar-refractivity contribution in [3.05, 3.63) is 21.5 Å². The van der Waals surface area contributed by atoms with Gasteiger partial charge < -0.3 is 10.2 Å². The first-order valence-corrected chi connectivity index (χ1v) is 7.67. The molecule has 1 amide bonds. The lowest BCUT2D eigenvalue weighted by molar-refractivity contribution is -0.385. The predicted octanol–water partition coefficient (Wildman–Crippen LogP) is 1.24. The van der Waals surface area contributed by atoms with Crippen LogP contribution in [0.2, 0.25) is 0 Å². The highest BCUT2D eigenvalue weighted by Crippen LogP contribution is 2.25. The molecule has 0 aromatic carbocycles. The van der Waals surface area contributed by atoms with E-state index in [-0.39, 0.29) is 29.0 Å². The molecule has 1 N–H and O–H groups in total. The summed E-state index contributed by atoms with van der Waals surface area (Å²) in [5, 5.41) is 18.6. The maximum atomic E-state index is 12.9. The molecule has 2 heterocycles. The fraction of sp³-hybridized carbons (Fsp3) is 0.714. The molecule has 122 valence electrons. The van der Waals surface area contributed by atoms with E-state index in [1.807, 2.05) is 6.92 Å². The van der Waals surface area contributed by atoms with Gasteiger partial charge in [0.15, 0.2) is 0 Å². The monoisotopic (exact) mass is 309 g/mol. The first-order valence-electron chi connectivity index (χ1n) is 7.67. The van der Waals surface area contributed by atoms with E-state index in [1.165, 1.54) is 4.68 Å². The second-order valence-electron chi connectivity index (χ2n) is 5.64. The molecule has 0 radical (unpaired) electrons. The minimum Gasteiger partial charge on any atom is -0.334 e. The van der Waals surface area contributed by atoms with Crippen molar-refractivity contribution in [2.75, 3.05) is 19.6 Å². The van der Waals surface area contributed by atoms with Gasteiger partial charge in [-0.1, -0.05) is 6.92 Å². The van der Waals surface area contributed by atoms with Crippen molar-refractivity contribution < 1.29 is 9.72 Å². The van der Waals surface area contributed by atoms with Crippen molar-refractivity contribution in [2.24, 2.45) is 7.05 Å². The molecule has 0 bridgehead atoms. The third-order valence-electron chi connectivity index (χ3n) is 4.05. The number of hydrogen-bond donors (Lipinski definition) is 1. The highest BCUT2D eigenvalue weighted by molar-refractivity contribution is 5.97. The first kappa shape index (κ1) is 16.4. The molecule has 2 rings (SSSR count). The van der Waals surface area contributed by atoms with Crippen LogP contribution < -0.4 is 5.32 Å². The Morgan fingerprint density at radius 2 is 2.14 bits per heavy atom. The van der Waals surface area contributed by atoms with Crippen molar-refractivity contribution in [2.45, 2.75) is 39.2 Å². The van der Waals surface area contributed by atoms with Gasteiger partial charge in [-0.2, -0.15) is 5.10 Å². The lowest BCUT2D eigenvalue weighted by Crippen LogP contribution is -2.47. The summed E-state index contributed by atoms with van der Waals surface area (Å²) in [6, 6.07) is 0.128. The molecule has 22 heavy (non-hydrogen) atoms. The number of aromatic nitrogens is 2. The average Bonchev–Trinajstić information content (AvgIpc) is 2.79. The van der Waals surface area contributed by atoms with Gasteiger partial charge in [0.2, 0.25) is 5.69 Å². The number of aryl methyl sites for hydroxylation is 2. The van der Waals surface area contributed by atoms with Crippen molar-refractivity contribution in [3.8, 4) is 0 Å². The largest absolute Gasteiger partial charge is 0.334 e. The summed E-state index contributed by atoms with van der Waals surface area (Å²) in [7, 11) is 1.58. The Morgan fingerprint density at radius 1 is 1.50 bits per heavy atom. The van der Waals surface area contributed by atoms with Crippen molar-refractivity contribution in [3.63, 3.8) is 0 Å². The third-order valence-corrected chi connectivity index (χ3v) is 4.05. The SMILES string of the molecule is CCCN(C(=O)c1c([N+](=O)[O-])c(C)nn1C)C1CCNCC1. The number of nitro groups is 1. The van der Waals surface area contributed by atoms with Crippen LogP contribution in [-0.2, 0) is 7.05 Å². The van der Waals surface area contributed by atoms with Gasteiger partial charge in [-0.3, -0.25) is 19.6 Å². The van der Waals surface area contributed by atoms with E-state index in [9.17, 15) is 14.9 Å². The Balaban J connectivity index is 2.36. The molecule has 1 aromatic heterocycles. The Bertz CT molecular complexity index is 563. The number of carbonyl (C=O) groups is 1. The highest BCUT2D eigenvalue weighted by atomic mass is 16.6. The number of piperidine rings is 1. The third kappa shape index (κ3) is 3.11. The minimum atomic E-state index is -0.512. The Labute approximate surface area is 129 Å². The molecule has 1 saturated heterocycles. The maximum absolute atomic E-state index is 12.9. The molecule has 0 unspecified atom stereocenters. The Hall–Kier alpha value is -1.96. The Morgan fingerprint density at radius 3 is 2.68 bits per heavy atom. The molecule has 1 aromatic rings. The van der Waals surface area contributed by atoms with Crippen LogP contribution in [0.15, 0.2) is 0 Å². The van der Waals surface area contributed by atoms with Crippen molar-refractivity contribution >= 4 is 11.6 Å². The van der Waals surface area contributed by atoms with E-state index in [0.29, 0.717) is 6.54 Å². The first-order chi connectivity index (χ1) is 10.5. The zero-order valence-corrected chi connectivity index (χ0v) is 13.3. The van der Waals surface area contributed by atoms with Gasteiger partial charge in [0.25, 0.3) is 5.91 Å². The van der Waals surface area contributed by atoms with Crippen LogP contribution in [0.3, 0.4) is 0 Å². The van der Waals surface area contributed by atoms with Crippen LogP contribution in [0, 0.1) is 17.0 Å². The van der Waals surface area contributed by atoms with Crippen molar-refractivity contribution in [1.29, 1.82) is 0 Å². The summed E-state index contributed by atoms with van der Waals surface area (Å²) in [5.41, 5.74) is 0.176. The summed E-state index contributed by atoms with van der Waals surface area (Å²) in [5.74, 6) is -0.288. The van der Waals surface area contributed by atoms with E-state index in [2.05, 4.69) is 10.4 Å². The summed E-state index contributed by atoms with van der Waals surface area (Å²) in [4.78, 5) is 25.5. The van der Waals surface area contributed by atoms with E-state index < -0.39 is 4.92 Å². The molecular formula is C14H23N5O3. The summed E-state index contributed by atoms with van der Waals surface area (Å²) >= 11 is 0. The molecule has 1 fully saturated rings. The normalized spacial score (nSPS) is 15.8. The summed E-state index contributed by atoms with van der Waals surface area (Å²) in [6.07, 6.45) is 2.56. The van der Waals surface area contributed by atoms with E-state index in [1.54, 1.807) is 18.9 Å². The van der Waals surface area contributed by atoms with Gasteiger partial charge in [-0.25, -0.2) is 0 Å². The van der Waals surface area contributed by atoms with E-state index in [0.717, 1.165) is 32.4 Å². The lowest BCUT2D eigenvalue weighted by atomic mass is 10.0. The fourth-order valence-corrected chi connectivity index (χ4v) is 3.05. The molecule has 0 atom stereocenters. The second-order valence-corrected chi connectivity index (χ2v) is 5.64. The van der Waals surface area contributed by atoms with Crippen LogP contribution in [0.4, 0.5) is 5.69 Å². The number of nitrogens with zero attached hydrogens (tertiary/aromatic N) is 4. The zero-order chi connectivity index (χ0) is 16.3. The van der Waals surface area contributed by atoms with E-state index in [4.69, 9.17) is 0 Å². The highest BCUT2D eigenvalue weighted by Gasteiger charge is 2.34. The Kier molecular flexibility index (Phi) is 5.12. The number of hydrogen-bond acceptors (Lipinski definition) is 5. The molecule has 1 aliphatic heterocycles. The second kappa shape index (κ2) is 6.87. The quantitative estimate of drug-likeness (QED) is 0.652. The fourth-order valence-electron chi connectivity index (χ4n) is 3.05. The van der Waals surface area contributed by atoms with Gasteiger partial charge >= 0.3 is 5.69 Å². The summed E-state index contributed by atoms with van der Waals surface area (Å²) < 4.78 is 1.33. The molecule has 0 spiro atoms.